The van der Waals surface area contributed by atoms with Crippen molar-refractivity contribution in [3.63, 3.8) is 0 Å². The number of nitrogens with zero attached hydrogens (tertiary/aromatic N) is 2. The number of rotatable bonds is 4. The Morgan fingerprint density at radius 1 is 1.10 bits per heavy atom. The summed E-state index contributed by atoms with van der Waals surface area (Å²) in [5.74, 6) is 0.0580. The third-order valence-electron chi connectivity index (χ3n) is 3.20. The Morgan fingerprint density at radius 2 is 1.67 bits per heavy atom. The van der Waals surface area contributed by atoms with Crippen LogP contribution in [0.2, 0.25) is 0 Å². The third-order valence-corrected chi connectivity index (χ3v) is 3.73. The van der Waals surface area contributed by atoms with Gasteiger partial charge in [0.2, 0.25) is 5.91 Å². The molecule has 0 atom stereocenters. The minimum Gasteiger partial charge on any atom is -0.341 e. The molecule has 21 heavy (non-hydrogen) atoms. The molecule has 0 aliphatic rings. The van der Waals surface area contributed by atoms with E-state index in [0.29, 0.717) is 18.5 Å². The van der Waals surface area contributed by atoms with Gasteiger partial charge in [-0.05, 0) is 35.4 Å². The Bertz CT molecular complexity index is 657. The molecule has 0 saturated carbocycles. The van der Waals surface area contributed by atoms with Crippen LogP contribution in [-0.2, 0) is 17.8 Å². The van der Waals surface area contributed by atoms with Crippen molar-refractivity contribution in [2.75, 3.05) is 7.05 Å². The molecule has 106 valence electrons. The van der Waals surface area contributed by atoms with E-state index < -0.39 is 0 Å². The first-order valence-corrected chi connectivity index (χ1v) is 7.35. The van der Waals surface area contributed by atoms with Crippen LogP contribution in [0.4, 0.5) is 0 Å². The molecule has 2 aromatic carbocycles. The molecule has 0 aliphatic heterocycles. The number of carbonyl (C=O) groups is 1. The Kier molecular flexibility index (Phi) is 5.13. The average Bonchev–Trinajstić information content (AvgIpc) is 2.50. The molecule has 0 bridgehead atoms. The van der Waals surface area contributed by atoms with Gasteiger partial charge in [0, 0.05) is 18.1 Å². The minimum absolute atomic E-state index is 0.0580. The molecule has 1 amide bonds. The lowest BCUT2D eigenvalue weighted by molar-refractivity contribution is -0.129. The van der Waals surface area contributed by atoms with Gasteiger partial charge in [-0.25, -0.2) is 0 Å². The van der Waals surface area contributed by atoms with Crippen molar-refractivity contribution in [1.82, 2.24) is 4.90 Å². The highest BCUT2D eigenvalue weighted by Gasteiger charge is 2.10. The van der Waals surface area contributed by atoms with Crippen molar-refractivity contribution in [2.45, 2.75) is 13.0 Å². The summed E-state index contributed by atoms with van der Waals surface area (Å²) < 4.78 is 1.03. The van der Waals surface area contributed by atoms with Gasteiger partial charge in [-0.2, -0.15) is 5.26 Å². The van der Waals surface area contributed by atoms with Crippen LogP contribution in [0.1, 0.15) is 16.7 Å². The van der Waals surface area contributed by atoms with Gasteiger partial charge in [-0.3, -0.25) is 4.79 Å². The lowest BCUT2D eigenvalue weighted by atomic mass is 10.1. The van der Waals surface area contributed by atoms with Crippen molar-refractivity contribution in [1.29, 1.82) is 5.26 Å². The van der Waals surface area contributed by atoms with Crippen molar-refractivity contribution >= 4 is 21.8 Å². The zero-order valence-electron chi connectivity index (χ0n) is 11.7. The molecule has 0 aliphatic carbocycles. The largest absolute Gasteiger partial charge is 0.341 e. The van der Waals surface area contributed by atoms with Gasteiger partial charge in [0.1, 0.15) is 0 Å². The van der Waals surface area contributed by atoms with Gasteiger partial charge in [-0.15, -0.1) is 0 Å². The van der Waals surface area contributed by atoms with Crippen molar-refractivity contribution < 1.29 is 4.79 Å². The molecule has 3 nitrogen and oxygen atoms in total. The predicted molar refractivity (Wildman–Crippen MR) is 85.5 cm³/mol. The van der Waals surface area contributed by atoms with E-state index in [4.69, 9.17) is 5.26 Å². The minimum atomic E-state index is 0.0580. The zero-order chi connectivity index (χ0) is 15.2. The number of hydrogen-bond donors (Lipinski definition) is 0. The van der Waals surface area contributed by atoms with Gasteiger partial charge < -0.3 is 4.90 Å². The number of likely N-dealkylation sites (N-methyl/N-ethyl adjacent to an activating group) is 1. The second kappa shape index (κ2) is 7.05. The lowest BCUT2D eigenvalue weighted by Gasteiger charge is -2.17. The highest BCUT2D eigenvalue weighted by atomic mass is 79.9. The summed E-state index contributed by atoms with van der Waals surface area (Å²) in [4.78, 5) is 13.9. The van der Waals surface area contributed by atoms with E-state index in [-0.39, 0.29) is 5.91 Å². The summed E-state index contributed by atoms with van der Waals surface area (Å²) in [6, 6.07) is 17.1. The fourth-order valence-corrected chi connectivity index (χ4v) is 2.22. The van der Waals surface area contributed by atoms with Crippen LogP contribution in [0.15, 0.2) is 53.0 Å². The highest BCUT2D eigenvalue weighted by Crippen LogP contribution is 2.12. The van der Waals surface area contributed by atoms with E-state index >= 15 is 0 Å². The number of amides is 1. The van der Waals surface area contributed by atoms with Gasteiger partial charge >= 0.3 is 0 Å². The molecule has 0 heterocycles. The standard InChI is InChI=1S/C17H15BrN2O/c1-20(12-15-6-8-16(18)9-7-15)17(21)10-13-2-4-14(11-19)5-3-13/h2-9H,10,12H2,1H3. The number of benzene rings is 2. The monoisotopic (exact) mass is 342 g/mol. The maximum atomic E-state index is 12.2. The third kappa shape index (κ3) is 4.44. The van der Waals surface area contributed by atoms with E-state index in [1.165, 1.54) is 0 Å². The maximum Gasteiger partial charge on any atom is 0.227 e. The first kappa shape index (κ1) is 15.3. The zero-order valence-corrected chi connectivity index (χ0v) is 13.3. The molecule has 0 aromatic heterocycles. The van der Waals surface area contributed by atoms with Crippen LogP contribution in [0.25, 0.3) is 0 Å². The van der Waals surface area contributed by atoms with Gasteiger partial charge in [0.15, 0.2) is 0 Å². The van der Waals surface area contributed by atoms with E-state index in [1.54, 1.807) is 24.1 Å². The van der Waals surface area contributed by atoms with E-state index in [2.05, 4.69) is 22.0 Å². The quantitative estimate of drug-likeness (QED) is 0.853. The predicted octanol–water partition coefficient (Wildman–Crippen LogP) is 3.52. The molecule has 2 aromatic rings. The van der Waals surface area contributed by atoms with Crippen molar-refractivity contribution in [3.05, 3.63) is 69.7 Å². The van der Waals surface area contributed by atoms with Crippen LogP contribution in [0.3, 0.4) is 0 Å². The average molecular weight is 343 g/mol. The molecule has 0 N–H and O–H groups in total. The Hall–Kier alpha value is -2.12. The van der Waals surface area contributed by atoms with Crippen molar-refractivity contribution in [3.8, 4) is 6.07 Å². The van der Waals surface area contributed by atoms with Gasteiger partial charge in [0.05, 0.1) is 18.1 Å². The number of hydrogen-bond acceptors (Lipinski definition) is 2. The number of halogens is 1. The van der Waals surface area contributed by atoms with Crippen molar-refractivity contribution in [2.24, 2.45) is 0 Å². The van der Waals surface area contributed by atoms with E-state index in [0.717, 1.165) is 15.6 Å². The second-order valence-electron chi connectivity index (χ2n) is 4.86. The van der Waals surface area contributed by atoms with Crippen LogP contribution in [-0.4, -0.2) is 17.9 Å². The van der Waals surface area contributed by atoms with Crippen LogP contribution in [0, 0.1) is 11.3 Å². The summed E-state index contributed by atoms with van der Waals surface area (Å²) in [6.07, 6.45) is 0.346. The number of carbonyl (C=O) groups excluding carboxylic acids is 1. The van der Waals surface area contributed by atoms with Crippen LogP contribution >= 0.6 is 15.9 Å². The lowest BCUT2D eigenvalue weighted by Crippen LogP contribution is -2.27. The topological polar surface area (TPSA) is 44.1 Å². The Labute approximate surface area is 132 Å². The Balaban J connectivity index is 1.95. The summed E-state index contributed by atoms with van der Waals surface area (Å²) >= 11 is 3.39. The summed E-state index contributed by atoms with van der Waals surface area (Å²) in [5.41, 5.74) is 2.62. The number of nitriles is 1. The molecular formula is C17H15BrN2O. The fraction of sp³-hybridized carbons (Fsp3) is 0.176. The summed E-state index contributed by atoms with van der Waals surface area (Å²) in [6.45, 7) is 0.586. The fourth-order valence-electron chi connectivity index (χ4n) is 1.96. The second-order valence-corrected chi connectivity index (χ2v) is 5.78. The molecule has 0 saturated heterocycles. The van der Waals surface area contributed by atoms with Gasteiger partial charge in [0.25, 0.3) is 0 Å². The van der Waals surface area contributed by atoms with Gasteiger partial charge in [-0.1, -0.05) is 40.2 Å². The maximum absolute atomic E-state index is 12.2. The van der Waals surface area contributed by atoms with E-state index in [1.807, 2.05) is 36.4 Å². The SMILES string of the molecule is CN(Cc1ccc(Br)cc1)C(=O)Cc1ccc(C#N)cc1. The molecular weight excluding hydrogens is 328 g/mol. The summed E-state index contributed by atoms with van der Waals surface area (Å²) in [5, 5.41) is 8.75. The molecule has 4 heteroatoms. The smallest absolute Gasteiger partial charge is 0.227 e. The summed E-state index contributed by atoms with van der Waals surface area (Å²) in [7, 11) is 1.80. The highest BCUT2D eigenvalue weighted by molar-refractivity contribution is 9.10. The normalized spacial score (nSPS) is 9.95. The molecule has 0 unspecified atom stereocenters. The van der Waals surface area contributed by atoms with Crippen LogP contribution in [0.5, 0.6) is 0 Å². The molecule has 0 spiro atoms. The van der Waals surface area contributed by atoms with E-state index in [9.17, 15) is 4.79 Å². The first-order chi connectivity index (χ1) is 10.1. The van der Waals surface area contributed by atoms with Crippen LogP contribution < -0.4 is 0 Å². The Morgan fingerprint density at radius 3 is 2.24 bits per heavy atom. The first-order valence-electron chi connectivity index (χ1n) is 6.56. The molecule has 0 radical (unpaired) electrons. The molecule has 0 fully saturated rings. The molecule has 2 rings (SSSR count).